The molecule has 9 nitrogen and oxygen atoms in total. The molecular weight excluding hydrogens is 320 g/mol. The van der Waals surface area contributed by atoms with Gasteiger partial charge in [-0.15, -0.1) is 0 Å². The van der Waals surface area contributed by atoms with Crippen molar-refractivity contribution >= 4 is 22.2 Å². The van der Waals surface area contributed by atoms with Crippen LogP contribution < -0.4 is 16.6 Å². The van der Waals surface area contributed by atoms with Crippen molar-refractivity contribution in [2.75, 3.05) is 0 Å². The Labute approximate surface area is 133 Å². The van der Waals surface area contributed by atoms with E-state index in [1.54, 1.807) is 23.1 Å². The van der Waals surface area contributed by atoms with Gasteiger partial charge >= 0.3 is 5.69 Å². The smallest absolute Gasteiger partial charge is 0.331 e. The molecule has 0 fully saturated rings. The predicted octanol–water partition coefficient (Wildman–Crippen LogP) is -0.321. The van der Waals surface area contributed by atoms with Crippen molar-refractivity contribution < 1.29 is 4.79 Å². The van der Waals surface area contributed by atoms with Gasteiger partial charge in [-0.25, -0.2) is 14.3 Å². The second-order valence-electron chi connectivity index (χ2n) is 5.10. The van der Waals surface area contributed by atoms with E-state index in [9.17, 15) is 14.4 Å². The Morgan fingerprint density at radius 1 is 1.30 bits per heavy atom. The summed E-state index contributed by atoms with van der Waals surface area (Å²) in [4.78, 5) is 41.0. The van der Waals surface area contributed by atoms with E-state index in [1.165, 1.54) is 25.4 Å². The number of aromatic nitrogens is 5. The van der Waals surface area contributed by atoms with Crippen LogP contribution in [0.15, 0.2) is 27.4 Å². The van der Waals surface area contributed by atoms with E-state index < -0.39 is 23.2 Å². The van der Waals surface area contributed by atoms with Crippen molar-refractivity contribution in [3.63, 3.8) is 0 Å². The van der Waals surface area contributed by atoms with Gasteiger partial charge in [0, 0.05) is 20.2 Å². The van der Waals surface area contributed by atoms with Crippen molar-refractivity contribution in [1.82, 2.24) is 29.0 Å². The summed E-state index contributed by atoms with van der Waals surface area (Å²) in [5.74, 6) is -0.515. The number of rotatable bonds is 3. The molecule has 1 N–H and O–H groups in total. The Morgan fingerprint density at radius 3 is 2.74 bits per heavy atom. The van der Waals surface area contributed by atoms with Crippen molar-refractivity contribution in [2.24, 2.45) is 14.1 Å². The molecule has 0 spiro atoms. The minimum absolute atomic E-state index is 0.00379. The molecule has 0 aromatic carbocycles. The van der Waals surface area contributed by atoms with E-state index in [4.69, 9.17) is 0 Å². The fourth-order valence-corrected chi connectivity index (χ4v) is 2.77. The third-order valence-corrected chi connectivity index (χ3v) is 4.24. The van der Waals surface area contributed by atoms with Crippen molar-refractivity contribution in [1.29, 1.82) is 0 Å². The first kappa shape index (κ1) is 15.2. The van der Waals surface area contributed by atoms with Crippen LogP contribution in [0.1, 0.15) is 29.1 Å². The minimum Gasteiger partial charge on any atom is -0.343 e. The SMILES string of the molecule is C[C@@H](NC(=O)c1cc(=O)n(C)c(=O)n1C)c1cn2ncsc2n1. The molecule has 23 heavy (non-hydrogen) atoms. The van der Waals surface area contributed by atoms with Crippen LogP contribution >= 0.6 is 11.3 Å². The van der Waals surface area contributed by atoms with E-state index in [0.717, 1.165) is 20.2 Å². The standard InChI is InChI=1S/C13H14N6O3S/c1-7(8-5-19-12(16-8)23-6-14-19)15-11(21)9-4-10(20)18(3)13(22)17(9)2/h4-7H,1-3H3,(H,15,21)/t7-/m1/s1. The van der Waals surface area contributed by atoms with Gasteiger partial charge in [0.2, 0.25) is 4.96 Å². The molecule has 3 aromatic rings. The molecule has 0 radical (unpaired) electrons. The Morgan fingerprint density at radius 2 is 2.04 bits per heavy atom. The number of amides is 1. The number of carbonyl (C=O) groups excluding carboxylic acids is 1. The molecule has 0 saturated heterocycles. The van der Waals surface area contributed by atoms with E-state index in [1.807, 2.05) is 0 Å². The lowest BCUT2D eigenvalue weighted by molar-refractivity contribution is 0.0929. The summed E-state index contributed by atoms with van der Waals surface area (Å²) >= 11 is 1.39. The highest BCUT2D eigenvalue weighted by Gasteiger charge is 2.18. The average Bonchev–Trinajstić information content (AvgIpc) is 3.10. The highest BCUT2D eigenvalue weighted by atomic mass is 32.1. The zero-order valence-electron chi connectivity index (χ0n) is 12.7. The zero-order chi connectivity index (χ0) is 16.7. The zero-order valence-corrected chi connectivity index (χ0v) is 13.5. The minimum atomic E-state index is -0.554. The summed E-state index contributed by atoms with van der Waals surface area (Å²) in [6.45, 7) is 1.77. The highest BCUT2D eigenvalue weighted by molar-refractivity contribution is 7.14. The Balaban J connectivity index is 1.88. The van der Waals surface area contributed by atoms with Gasteiger partial charge in [-0.3, -0.25) is 18.7 Å². The van der Waals surface area contributed by atoms with Crippen LogP contribution in [0.2, 0.25) is 0 Å². The van der Waals surface area contributed by atoms with Crippen LogP contribution in [0.3, 0.4) is 0 Å². The first-order valence-corrected chi connectivity index (χ1v) is 7.63. The van der Waals surface area contributed by atoms with Gasteiger partial charge in [-0.1, -0.05) is 11.3 Å². The highest BCUT2D eigenvalue weighted by Crippen LogP contribution is 2.15. The molecule has 0 aliphatic heterocycles. The van der Waals surface area contributed by atoms with Crippen LogP contribution in [0, 0.1) is 0 Å². The number of fused-ring (bicyclic) bond motifs is 1. The lowest BCUT2D eigenvalue weighted by Gasteiger charge is -2.13. The third-order valence-electron chi connectivity index (χ3n) is 3.55. The van der Waals surface area contributed by atoms with E-state index in [2.05, 4.69) is 15.4 Å². The summed E-state index contributed by atoms with van der Waals surface area (Å²) in [5.41, 5.74) is 1.24. The fraction of sp³-hybridized carbons (Fsp3) is 0.308. The number of nitrogens with zero attached hydrogens (tertiary/aromatic N) is 5. The second kappa shape index (κ2) is 5.47. The van der Waals surface area contributed by atoms with Crippen LogP contribution in [0.25, 0.3) is 4.96 Å². The molecule has 3 aromatic heterocycles. The normalized spacial score (nSPS) is 12.5. The number of imidazole rings is 1. The molecule has 120 valence electrons. The van der Waals surface area contributed by atoms with E-state index in [0.29, 0.717) is 5.69 Å². The second-order valence-corrected chi connectivity index (χ2v) is 5.91. The first-order chi connectivity index (χ1) is 10.9. The lowest BCUT2D eigenvalue weighted by Crippen LogP contribution is -2.41. The van der Waals surface area contributed by atoms with Gasteiger partial charge in [0.1, 0.15) is 11.2 Å². The van der Waals surface area contributed by atoms with Crippen molar-refractivity contribution in [3.05, 3.63) is 50.0 Å². The molecule has 0 aliphatic carbocycles. The Hall–Kier alpha value is -2.75. The monoisotopic (exact) mass is 334 g/mol. The first-order valence-electron chi connectivity index (χ1n) is 6.75. The topological polar surface area (TPSA) is 103 Å². The Kier molecular flexibility index (Phi) is 3.60. The van der Waals surface area contributed by atoms with Crippen LogP contribution in [-0.2, 0) is 14.1 Å². The van der Waals surface area contributed by atoms with Gasteiger partial charge in [-0.05, 0) is 6.92 Å². The molecule has 0 unspecified atom stereocenters. The van der Waals surface area contributed by atoms with Crippen molar-refractivity contribution in [3.8, 4) is 0 Å². The van der Waals surface area contributed by atoms with Gasteiger partial charge < -0.3 is 5.32 Å². The van der Waals surface area contributed by atoms with E-state index >= 15 is 0 Å². The predicted molar refractivity (Wildman–Crippen MR) is 83.7 cm³/mol. The molecule has 0 saturated carbocycles. The quantitative estimate of drug-likeness (QED) is 0.707. The summed E-state index contributed by atoms with van der Waals surface area (Å²) in [6.07, 6.45) is 1.72. The maximum Gasteiger partial charge on any atom is 0.331 e. The largest absolute Gasteiger partial charge is 0.343 e. The summed E-state index contributed by atoms with van der Waals surface area (Å²) < 4.78 is 3.70. The maximum atomic E-state index is 12.4. The van der Waals surface area contributed by atoms with Gasteiger partial charge in [-0.2, -0.15) is 5.10 Å². The lowest BCUT2D eigenvalue weighted by atomic mass is 10.2. The van der Waals surface area contributed by atoms with Gasteiger partial charge in [0.25, 0.3) is 11.5 Å². The molecule has 10 heteroatoms. The molecule has 0 bridgehead atoms. The van der Waals surface area contributed by atoms with E-state index in [-0.39, 0.29) is 5.69 Å². The maximum absolute atomic E-state index is 12.4. The van der Waals surface area contributed by atoms with Crippen LogP contribution in [0.4, 0.5) is 0 Å². The Bertz CT molecular complexity index is 982. The average molecular weight is 334 g/mol. The number of nitrogens with one attached hydrogen (secondary N) is 1. The molecule has 1 atom stereocenters. The summed E-state index contributed by atoms with van der Waals surface area (Å²) in [6, 6.07) is 0.743. The molecule has 3 heterocycles. The number of hydrogen-bond donors (Lipinski definition) is 1. The molecule has 0 aliphatic rings. The molecular formula is C13H14N6O3S. The molecule has 3 rings (SSSR count). The van der Waals surface area contributed by atoms with Crippen molar-refractivity contribution in [2.45, 2.75) is 13.0 Å². The van der Waals surface area contributed by atoms with Gasteiger partial charge in [0.05, 0.1) is 17.9 Å². The number of hydrogen-bond acceptors (Lipinski definition) is 6. The molecule has 1 amide bonds. The number of carbonyl (C=O) groups is 1. The van der Waals surface area contributed by atoms with Crippen LogP contribution in [-0.4, -0.2) is 29.6 Å². The van der Waals surface area contributed by atoms with Gasteiger partial charge in [0.15, 0.2) is 0 Å². The summed E-state index contributed by atoms with van der Waals surface area (Å²) in [5, 5.41) is 6.81. The fourth-order valence-electron chi connectivity index (χ4n) is 2.16. The van der Waals surface area contributed by atoms with Crippen LogP contribution in [0.5, 0.6) is 0 Å². The third kappa shape index (κ3) is 2.57. The summed E-state index contributed by atoms with van der Waals surface area (Å²) in [7, 11) is 2.80.